The molecular weight excluding hydrogens is 370 g/mol. The molecule has 1 aromatic heterocycles. The Bertz CT molecular complexity index is 969. The summed E-state index contributed by atoms with van der Waals surface area (Å²) in [5.41, 5.74) is 0.0673. The van der Waals surface area contributed by atoms with Crippen LogP contribution in [0.2, 0.25) is 0 Å². The van der Waals surface area contributed by atoms with Gasteiger partial charge in [0.05, 0.1) is 4.90 Å². The van der Waals surface area contributed by atoms with Gasteiger partial charge < -0.3 is 5.32 Å². The number of nitrogens with one attached hydrogen (secondary N) is 1. The highest BCUT2D eigenvalue weighted by atomic mass is 32.2. The lowest BCUT2D eigenvalue weighted by Crippen LogP contribution is -2.37. The number of carbonyl (C=O) groups is 1. The smallest absolute Gasteiger partial charge is 0.324 e. The number of nitrogens with zero attached hydrogens (tertiary/aromatic N) is 4. The van der Waals surface area contributed by atoms with Gasteiger partial charge in [-0.05, 0) is 43.0 Å². The van der Waals surface area contributed by atoms with Gasteiger partial charge in [-0.3, -0.25) is 9.36 Å². The summed E-state index contributed by atoms with van der Waals surface area (Å²) in [5.74, 6) is 0.122. The average Bonchev–Trinajstić information content (AvgIpc) is 2.94. The van der Waals surface area contributed by atoms with Gasteiger partial charge in [-0.25, -0.2) is 17.9 Å². The fraction of sp³-hybridized carbons (Fsp3) is 0.471. The highest BCUT2D eigenvalue weighted by Gasteiger charge is 2.27. The molecule has 146 valence electrons. The molecule has 1 aliphatic rings. The number of carbonyl (C=O) groups excluding carboxylic acids is 1. The molecule has 0 aliphatic carbocycles. The summed E-state index contributed by atoms with van der Waals surface area (Å²) in [6, 6.07) is 6.04. The van der Waals surface area contributed by atoms with Gasteiger partial charge in [0, 0.05) is 25.8 Å². The van der Waals surface area contributed by atoms with E-state index in [1.807, 2.05) is 0 Å². The molecule has 0 unspecified atom stereocenters. The highest BCUT2D eigenvalue weighted by Crippen LogP contribution is 2.24. The Labute approximate surface area is 157 Å². The number of benzene rings is 1. The van der Waals surface area contributed by atoms with Crippen LogP contribution in [0, 0.1) is 5.92 Å². The predicted molar refractivity (Wildman–Crippen MR) is 99.7 cm³/mol. The minimum atomic E-state index is -3.52. The van der Waals surface area contributed by atoms with E-state index in [2.05, 4.69) is 17.3 Å². The highest BCUT2D eigenvalue weighted by molar-refractivity contribution is 7.89. The minimum absolute atomic E-state index is 0.205. The van der Waals surface area contributed by atoms with Gasteiger partial charge in [0.25, 0.3) is 0 Å². The number of anilines is 1. The number of aromatic nitrogens is 3. The monoisotopic (exact) mass is 393 g/mol. The molecule has 1 fully saturated rings. The third kappa shape index (κ3) is 4.28. The van der Waals surface area contributed by atoms with Crippen LogP contribution in [0.5, 0.6) is 0 Å². The van der Waals surface area contributed by atoms with Crippen molar-refractivity contribution >= 4 is 21.6 Å². The summed E-state index contributed by atoms with van der Waals surface area (Å²) in [5, 5.41) is 6.46. The lowest BCUT2D eigenvalue weighted by molar-refractivity contribution is -0.117. The van der Waals surface area contributed by atoms with Gasteiger partial charge >= 0.3 is 5.69 Å². The zero-order chi connectivity index (χ0) is 19.6. The maximum Gasteiger partial charge on any atom is 0.345 e. The Balaban J connectivity index is 1.65. The van der Waals surface area contributed by atoms with Crippen molar-refractivity contribution in [2.75, 3.05) is 18.4 Å². The zero-order valence-corrected chi connectivity index (χ0v) is 16.1. The molecule has 27 heavy (non-hydrogen) atoms. The second kappa shape index (κ2) is 7.65. The van der Waals surface area contributed by atoms with Crippen LogP contribution in [0.4, 0.5) is 5.69 Å². The van der Waals surface area contributed by atoms with Crippen LogP contribution in [0.25, 0.3) is 0 Å². The molecule has 0 spiro atoms. The van der Waals surface area contributed by atoms with Crippen molar-refractivity contribution in [2.45, 2.75) is 31.2 Å². The standard InChI is InChI=1S/C17H23N5O4S/c1-13-7-9-21(10-8-13)27(25,26)15-5-3-14(4-6-15)19-16(23)11-22-17(24)20(2)12-18-22/h3-6,12-13H,7-11H2,1-2H3,(H,19,23). The summed E-state index contributed by atoms with van der Waals surface area (Å²) >= 11 is 0. The van der Waals surface area contributed by atoms with E-state index in [0.29, 0.717) is 24.7 Å². The zero-order valence-electron chi connectivity index (χ0n) is 15.3. The minimum Gasteiger partial charge on any atom is -0.324 e. The van der Waals surface area contributed by atoms with Crippen molar-refractivity contribution in [3.63, 3.8) is 0 Å². The number of sulfonamides is 1. The van der Waals surface area contributed by atoms with Gasteiger partial charge in [-0.15, -0.1) is 0 Å². The molecule has 1 amide bonds. The molecule has 0 radical (unpaired) electrons. The van der Waals surface area contributed by atoms with Crippen molar-refractivity contribution in [3.8, 4) is 0 Å². The summed E-state index contributed by atoms with van der Waals surface area (Å²) in [7, 11) is -1.97. The first kappa shape index (κ1) is 19.3. The van der Waals surface area contributed by atoms with Crippen molar-refractivity contribution in [3.05, 3.63) is 41.1 Å². The number of rotatable bonds is 5. The Hall–Kier alpha value is -2.46. The van der Waals surface area contributed by atoms with E-state index in [9.17, 15) is 18.0 Å². The van der Waals surface area contributed by atoms with Crippen molar-refractivity contribution in [1.82, 2.24) is 18.7 Å². The van der Waals surface area contributed by atoms with E-state index in [1.54, 1.807) is 19.2 Å². The fourth-order valence-corrected chi connectivity index (χ4v) is 4.42. The van der Waals surface area contributed by atoms with Gasteiger partial charge in [-0.1, -0.05) is 6.92 Å². The van der Waals surface area contributed by atoms with Gasteiger partial charge in [-0.2, -0.15) is 9.40 Å². The first-order valence-corrected chi connectivity index (χ1v) is 10.2. The van der Waals surface area contributed by atoms with E-state index in [1.165, 1.54) is 27.3 Å². The molecule has 9 nitrogen and oxygen atoms in total. The molecule has 3 rings (SSSR count). The lowest BCUT2D eigenvalue weighted by atomic mass is 10.0. The van der Waals surface area contributed by atoms with Crippen LogP contribution >= 0.6 is 0 Å². The van der Waals surface area contributed by atoms with Crippen LogP contribution in [-0.2, 0) is 28.4 Å². The number of aryl methyl sites for hydroxylation is 1. The molecule has 2 heterocycles. The number of hydrogen-bond acceptors (Lipinski definition) is 5. The van der Waals surface area contributed by atoms with Crippen molar-refractivity contribution < 1.29 is 13.2 Å². The third-order valence-corrected chi connectivity index (χ3v) is 6.61. The van der Waals surface area contributed by atoms with Crippen LogP contribution in [0.3, 0.4) is 0 Å². The molecule has 1 aliphatic heterocycles. The van der Waals surface area contributed by atoms with Crippen LogP contribution < -0.4 is 11.0 Å². The second-order valence-electron chi connectivity index (χ2n) is 6.84. The largest absolute Gasteiger partial charge is 0.345 e. The average molecular weight is 393 g/mol. The van der Waals surface area contributed by atoms with Crippen LogP contribution in [0.15, 0.2) is 40.3 Å². The third-order valence-electron chi connectivity index (χ3n) is 4.70. The maximum absolute atomic E-state index is 12.7. The van der Waals surface area contributed by atoms with E-state index in [-0.39, 0.29) is 17.1 Å². The molecule has 1 saturated heterocycles. The SMILES string of the molecule is CC1CCN(S(=O)(=O)c2ccc(NC(=O)Cn3ncn(C)c3=O)cc2)CC1. The number of piperidine rings is 1. The Morgan fingerprint density at radius 1 is 1.22 bits per heavy atom. The quantitative estimate of drug-likeness (QED) is 0.802. The van der Waals surface area contributed by atoms with E-state index < -0.39 is 15.9 Å². The summed E-state index contributed by atoms with van der Waals surface area (Å²) in [6.07, 6.45) is 3.05. The number of amides is 1. The molecule has 1 N–H and O–H groups in total. The molecule has 10 heteroatoms. The topological polar surface area (TPSA) is 106 Å². The van der Waals surface area contributed by atoms with Gasteiger partial charge in [0.1, 0.15) is 12.9 Å². The normalized spacial score (nSPS) is 16.4. The Kier molecular flexibility index (Phi) is 5.47. The van der Waals surface area contributed by atoms with Crippen LogP contribution in [-0.4, -0.2) is 46.1 Å². The number of hydrogen-bond donors (Lipinski definition) is 1. The summed E-state index contributed by atoms with van der Waals surface area (Å²) < 4.78 is 29.2. The molecule has 2 aromatic rings. The molecular formula is C17H23N5O4S. The molecule has 0 saturated carbocycles. The van der Waals surface area contributed by atoms with E-state index in [4.69, 9.17) is 0 Å². The molecule has 1 aromatic carbocycles. The Morgan fingerprint density at radius 3 is 2.41 bits per heavy atom. The van der Waals surface area contributed by atoms with Crippen molar-refractivity contribution in [2.24, 2.45) is 13.0 Å². The summed E-state index contributed by atoms with van der Waals surface area (Å²) in [4.78, 5) is 24.0. The van der Waals surface area contributed by atoms with Crippen molar-refractivity contribution in [1.29, 1.82) is 0 Å². The fourth-order valence-electron chi connectivity index (χ4n) is 2.95. The van der Waals surface area contributed by atoms with Crippen LogP contribution in [0.1, 0.15) is 19.8 Å². The maximum atomic E-state index is 12.7. The molecule has 0 atom stereocenters. The second-order valence-corrected chi connectivity index (χ2v) is 8.78. The Morgan fingerprint density at radius 2 is 1.85 bits per heavy atom. The van der Waals surface area contributed by atoms with E-state index >= 15 is 0 Å². The summed E-state index contributed by atoms with van der Waals surface area (Å²) in [6.45, 7) is 2.97. The first-order chi connectivity index (χ1) is 12.8. The van der Waals surface area contributed by atoms with Gasteiger partial charge in [0.2, 0.25) is 15.9 Å². The first-order valence-electron chi connectivity index (χ1n) is 8.76. The molecule has 0 bridgehead atoms. The lowest BCUT2D eigenvalue weighted by Gasteiger charge is -2.29. The van der Waals surface area contributed by atoms with E-state index in [0.717, 1.165) is 17.5 Å². The van der Waals surface area contributed by atoms with Gasteiger partial charge in [0.15, 0.2) is 0 Å². The predicted octanol–water partition coefficient (Wildman–Crippen LogP) is 0.641.